The molecule has 1 heterocycles. The summed E-state index contributed by atoms with van der Waals surface area (Å²) in [5.41, 5.74) is 3.54. The number of carbonyl (C=O) groups excluding carboxylic acids is 1. The SMILES string of the molecule is CC/C(=N/OCc1ccc2ccccc2c1)c1ccc(OCC(=O)N2CCC3(CC2)CC3)cc1. The summed E-state index contributed by atoms with van der Waals surface area (Å²) in [6.45, 7) is 4.32. The molecule has 3 aromatic rings. The molecule has 1 spiro atoms. The molecule has 0 unspecified atom stereocenters. The first-order valence-electron chi connectivity index (χ1n) is 12.3. The molecule has 34 heavy (non-hydrogen) atoms. The zero-order chi connectivity index (χ0) is 23.4. The Kier molecular flexibility index (Phi) is 6.52. The Labute approximate surface area is 201 Å². The fourth-order valence-corrected chi connectivity index (χ4v) is 4.72. The maximum Gasteiger partial charge on any atom is 0.260 e. The summed E-state index contributed by atoms with van der Waals surface area (Å²) in [5.74, 6) is 0.776. The third-order valence-corrected chi connectivity index (χ3v) is 7.24. The average molecular weight is 457 g/mol. The van der Waals surface area contributed by atoms with Gasteiger partial charge in [-0.3, -0.25) is 4.79 Å². The highest BCUT2D eigenvalue weighted by atomic mass is 16.6. The Hall–Kier alpha value is -3.34. The number of hydrogen-bond donors (Lipinski definition) is 0. The Balaban J connectivity index is 1.13. The summed E-state index contributed by atoms with van der Waals surface area (Å²) in [6.07, 6.45) is 5.74. The van der Waals surface area contributed by atoms with Gasteiger partial charge in [-0.1, -0.05) is 48.5 Å². The standard InChI is InChI=1S/C29H32N2O3/c1-2-27(30-34-20-22-7-8-23-5-3-4-6-25(23)19-22)24-9-11-26(12-10-24)33-21-28(32)31-17-15-29(13-14-29)16-18-31/h3-12,19H,2,13-18,20-21H2,1H3/b30-27-. The lowest BCUT2D eigenvalue weighted by molar-refractivity contribution is -0.134. The van der Waals surface area contributed by atoms with Crippen LogP contribution in [0.3, 0.4) is 0 Å². The number of carbonyl (C=O) groups is 1. The molecule has 176 valence electrons. The molecule has 0 radical (unpaired) electrons. The van der Waals surface area contributed by atoms with Gasteiger partial charge in [0, 0.05) is 13.1 Å². The molecule has 5 rings (SSSR count). The minimum absolute atomic E-state index is 0.0810. The van der Waals surface area contributed by atoms with Gasteiger partial charge >= 0.3 is 0 Å². The van der Waals surface area contributed by atoms with E-state index < -0.39 is 0 Å². The van der Waals surface area contributed by atoms with Gasteiger partial charge in [-0.05, 0) is 89.8 Å². The van der Waals surface area contributed by atoms with Crippen LogP contribution in [-0.2, 0) is 16.2 Å². The molecule has 1 aliphatic heterocycles. The van der Waals surface area contributed by atoms with Crippen molar-refractivity contribution in [3.8, 4) is 5.75 Å². The smallest absolute Gasteiger partial charge is 0.260 e. The van der Waals surface area contributed by atoms with Crippen molar-refractivity contribution in [1.29, 1.82) is 0 Å². The van der Waals surface area contributed by atoms with Crippen molar-refractivity contribution in [2.24, 2.45) is 10.6 Å². The molecule has 5 nitrogen and oxygen atoms in total. The van der Waals surface area contributed by atoms with Crippen LogP contribution in [-0.4, -0.2) is 36.2 Å². The number of oxime groups is 1. The number of hydrogen-bond acceptors (Lipinski definition) is 4. The highest BCUT2D eigenvalue weighted by molar-refractivity contribution is 6.00. The minimum atomic E-state index is 0.0810. The van der Waals surface area contributed by atoms with E-state index in [4.69, 9.17) is 9.57 Å². The van der Waals surface area contributed by atoms with Crippen LogP contribution in [0.2, 0.25) is 0 Å². The topological polar surface area (TPSA) is 51.1 Å². The van der Waals surface area contributed by atoms with E-state index in [-0.39, 0.29) is 12.5 Å². The number of nitrogens with zero attached hydrogens (tertiary/aromatic N) is 2. The Morgan fingerprint density at radius 3 is 2.38 bits per heavy atom. The number of benzene rings is 3. The second-order valence-corrected chi connectivity index (χ2v) is 9.54. The third kappa shape index (κ3) is 5.24. The van der Waals surface area contributed by atoms with Crippen LogP contribution in [0, 0.1) is 5.41 Å². The molecule has 2 fully saturated rings. The van der Waals surface area contributed by atoms with Gasteiger partial charge in [0.25, 0.3) is 5.91 Å². The first kappa shape index (κ1) is 22.5. The van der Waals surface area contributed by atoms with E-state index in [1.165, 1.54) is 23.6 Å². The lowest BCUT2D eigenvalue weighted by atomic mass is 9.94. The molecule has 2 aliphatic rings. The summed E-state index contributed by atoms with van der Waals surface area (Å²) in [4.78, 5) is 20.1. The first-order chi connectivity index (χ1) is 16.6. The third-order valence-electron chi connectivity index (χ3n) is 7.24. The van der Waals surface area contributed by atoms with Gasteiger partial charge in [0.1, 0.15) is 12.4 Å². The average Bonchev–Trinajstić information content (AvgIpc) is 3.64. The molecule has 1 saturated carbocycles. The minimum Gasteiger partial charge on any atom is -0.484 e. The maximum atomic E-state index is 12.5. The van der Waals surface area contributed by atoms with Crippen LogP contribution in [0.25, 0.3) is 10.8 Å². The fraction of sp³-hybridized carbons (Fsp3) is 0.379. The van der Waals surface area contributed by atoms with Crippen LogP contribution in [0.1, 0.15) is 50.2 Å². The molecular weight excluding hydrogens is 424 g/mol. The number of ether oxygens (including phenoxy) is 1. The van der Waals surface area contributed by atoms with Crippen LogP contribution in [0.5, 0.6) is 5.75 Å². The molecule has 1 aliphatic carbocycles. The number of fused-ring (bicyclic) bond motifs is 1. The van der Waals surface area contributed by atoms with E-state index in [1.807, 2.05) is 41.3 Å². The highest BCUT2D eigenvalue weighted by Gasteiger charge is 2.45. The summed E-state index contributed by atoms with van der Waals surface area (Å²) < 4.78 is 5.77. The van der Waals surface area contributed by atoms with Crippen molar-refractivity contribution in [3.63, 3.8) is 0 Å². The molecule has 1 amide bonds. The van der Waals surface area contributed by atoms with Crippen LogP contribution < -0.4 is 4.74 Å². The number of amides is 1. The largest absolute Gasteiger partial charge is 0.484 e. The zero-order valence-electron chi connectivity index (χ0n) is 19.8. The van der Waals surface area contributed by atoms with E-state index in [2.05, 4.69) is 42.4 Å². The Morgan fingerprint density at radius 2 is 1.68 bits per heavy atom. The quantitative estimate of drug-likeness (QED) is 0.311. The van der Waals surface area contributed by atoms with E-state index in [1.54, 1.807) is 0 Å². The second-order valence-electron chi connectivity index (χ2n) is 9.54. The van der Waals surface area contributed by atoms with Crippen molar-refractivity contribution in [3.05, 3.63) is 77.9 Å². The van der Waals surface area contributed by atoms with Crippen LogP contribution in [0.4, 0.5) is 0 Å². The van der Waals surface area contributed by atoms with Gasteiger partial charge in [0.2, 0.25) is 0 Å². The first-order valence-corrected chi connectivity index (χ1v) is 12.3. The molecule has 0 atom stereocenters. The van der Waals surface area contributed by atoms with Crippen molar-refractivity contribution in [2.75, 3.05) is 19.7 Å². The van der Waals surface area contributed by atoms with E-state index in [0.29, 0.717) is 17.8 Å². The molecular formula is C29H32N2O3. The maximum absolute atomic E-state index is 12.5. The fourth-order valence-electron chi connectivity index (χ4n) is 4.72. The summed E-state index contributed by atoms with van der Waals surface area (Å²) in [5, 5.41) is 6.80. The van der Waals surface area contributed by atoms with Gasteiger partial charge in [-0.25, -0.2) is 0 Å². The monoisotopic (exact) mass is 456 g/mol. The van der Waals surface area contributed by atoms with Gasteiger partial charge in [-0.2, -0.15) is 0 Å². The molecule has 0 bridgehead atoms. The molecule has 1 saturated heterocycles. The summed E-state index contributed by atoms with van der Waals surface area (Å²) in [7, 11) is 0. The molecule has 3 aromatic carbocycles. The number of rotatable bonds is 8. The Bertz CT molecular complexity index is 1170. The number of piperidine rings is 1. The van der Waals surface area contributed by atoms with Crippen molar-refractivity contribution >= 4 is 22.4 Å². The van der Waals surface area contributed by atoms with Gasteiger partial charge < -0.3 is 14.5 Å². The van der Waals surface area contributed by atoms with Gasteiger partial charge in [0.15, 0.2) is 6.61 Å². The summed E-state index contributed by atoms with van der Waals surface area (Å²) >= 11 is 0. The molecule has 5 heteroatoms. The second kappa shape index (κ2) is 9.88. The van der Waals surface area contributed by atoms with E-state index >= 15 is 0 Å². The summed E-state index contributed by atoms with van der Waals surface area (Å²) in [6, 6.07) is 22.3. The van der Waals surface area contributed by atoms with Gasteiger partial charge in [0.05, 0.1) is 5.71 Å². The Morgan fingerprint density at radius 1 is 0.941 bits per heavy atom. The highest BCUT2D eigenvalue weighted by Crippen LogP contribution is 2.53. The lowest BCUT2D eigenvalue weighted by Gasteiger charge is -2.32. The van der Waals surface area contributed by atoms with Crippen LogP contribution >= 0.6 is 0 Å². The lowest BCUT2D eigenvalue weighted by Crippen LogP contribution is -2.41. The van der Waals surface area contributed by atoms with Crippen molar-refractivity contribution in [1.82, 2.24) is 4.90 Å². The predicted molar refractivity (Wildman–Crippen MR) is 135 cm³/mol. The van der Waals surface area contributed by atoms with Crippen molar-refractivity contribution < 1.29 is 14.4 Å². The van der Waals surface area contributed by atoms with E-state index in [9.17, 15) is 4.79 Å². The molecule has 0 aromatic heterocycles. The van der Waals surface area contributed by atoms with E-state index in [0.717, 1.165) is 49.2 Å². The number of likely N-dealkylation sites (tertiary alicyclic amines) is 1. The molecule has 0 N–H and O–H groups in total. The van der Waals surface area contributed by atoms with Crippen LogP contribution in [0.15, 0.2) is 71.9 Å². The normalized spacial score (nSPS) is 17.1. The zero-order valence-corrected chi connectivity index (χ0v) is 19.8. The van der Waals surface area contributed by atoms with Gasteiger partial charge in [-0.15, -0.1) is 0 Å². The predicted octanol–water partition coefficient (Wildman–Crippen LogP) is 5.95. The van der Waals surface area contributed by atoms with Crippen molar-refractivity contribution in [2.45, 2.75) is 45.6 Å².